The molecule has 2 atom stereocenters. The Kier molecular flexibility index (Phi) is 18.2. The molecule has 2 aliphatic rings. The van der Waals surface area contributed by atoms with E-state index in [1.54, 1.807) is 45.8 Å². The van der Waals surface area contributed by atoms with Gasteiger partial charge in [0.15, 0.2) is 0 Å². The van der Waals surface area contributed by atoms with E-state index in [4.69, 9.17) is 11.1 Å². The molecule has 50 heavy (non-hydrogen) atoms. The SMILES string of the molecule is C/C(N)=C/C(=N)C(C)C.CC.CC(C)(C)C(=O)NC1CCN(C=O)C1.CCn1ccc(C(=O)NC2CCN(C(=O)c3cc(C(C)C)[nH]n3)C2)n1. The molecule has 2 unspecified atom stereocenters. The minimum atomic E-state index is -0.353. The number of carbonyl (C=O) groups excluding carboxylic acids is 4. The summed E-state index contributed by atoms with van der Waals surface area (Å²) in [6.07, 6.45) is 5.89. The number of rotatable bonds is 9. The monoisotopic (exact) mass is 698 g/mol. The Morgan fingerprint density at radius 3 is 2.14 bits per heavy atom. The van der Waals surface area contributed by atoms with Gasteiger partial charge in [-0.25, -0.2) is 0 Å². The van der Waals surface area contributed by atoms with Crippen LogP contribution >= 0.6 is 0 Å². The van der Waals surface area contributed by atoms with Crippen molar-refractivity contribution in [1.82, 2.24) is 40.4 Å². The average molecular weight is 699 g/mol. The molecule has 2 fully saturated rings. The zero-order chi connectivity index (χ0) is 38.2. The quantitative estimate of drug-likeness (QED) is 0.190. The molecule has 0 radical (unpaired) electrons. The molecule has 2 aromatic heterocycles. The normalized spacial score (nSPS) is 17.2. The zero-order valence-corrected chi connectivity index (χ0v) is 32.1. The summed E-state index contributed by atoms with van der Waals surface area (Å²) in [7, 11) is 0. The van der Waals surface area contributed by atoms with Gasteiger partial charge >= 0.3 is 0 Å². The first kappa shape index (κ1) is 43.5. The number of aromatic nitrogens is 4. The lowest BCUT2D eigenvalue weighted by molar-refractivity contribution is -0.129. The van der Waals surface area contributed by atoms with E-state index < -0.39 is 0 Å². The maximum absolute atomic E-state index is 12.5. The zero-order valence-electron chi connectivity index (χ0n) is 32.1. The molecule has 4 amide bonds. The molecular formula is C36H62N10O4. The van der Waals surface area contributed by atoms with Crippen LogP contribution in [0.4, 0.5) is 0 Å². The van der Waals surface area contributed by atoms with Gasteiger partial charge in [0.05, 0.1) is 0 Å². The van der Waals surface area contributed by atoms with Gasteiger partial charge in [0.1, 0.15) is 11.4 Å². The molecule has 0 spiro atoms. The third kappa shape index (κ3) is 14.6. The number of likely N-dealkylation sites (tertiary alicyclic amines) is 2. The lowest BCUT2D eigenvalue weighted by Crippen LogP contribution is -2.42. The number of aromatic amines is 1. The molecule has 0 bridgehead atoms. The molecule has 2 aliphatic heterocycles. The molecule has 0 aromatic carbocycles. The van der Waals surface area contributed by atoms with Gasteiger partial charge < -0.3 is 31.6 Å². The number of hydrogen-bond acceptors (Lipinski definition) is 8. The van der Waals surface area contributed by atoms with E-state index in [2.05, 4.69) is 25.9 Å². The molecule has 4 heterocycles. The molecule has 4 rings (SSSR count). The number of allylic oxidation sites excluding steroid dienone is 2. The van der Waals surface area contributed by atoms with Crippen molar-refractivity contribution in [3.05, 3.63) is 47.2 Å². The Balaban J connectivity index is 0.000000421. The highest BCUT2D eigenvalue weighted by Crippen LogP contribution is 2.17. The first-order chi connectivity index (χ1) is 23.4. The molecule has 280 valence electrons. The van der Waals surface area contributed by atoms with Crippen LogP contribution in [0.25, 0.3) is 0 Å². The number of nitrogens with one attached hydrogen (secondary N) is 4. The molecule has 2 saturated heterocycles. The highest BCUT2D eigenvalue weighted by atomic mass is 16.2. The number of amides is 4. The summed E-state index contributed by atoms with van der Waals surface area (Å²) in [6, 6.07) is 3.57. The lowest BCUT2D eigenvalue weighted by Gasteiger charge is -2.21. The van der Waals surface area contributed by atoms with E-state index in [0.717, 1.165) is 38.0 Å². The molecule has 0 saturated carbocycles. The van der Waals surface area contributed by atoms with E-state index in [1.165, 1.54) is 0 Å². The van der Waals surface area contributed by atoms with Gasteiger partial charge in [0.25, 0.3) is 11.8 Å². The van der Waals surface area contributed by atoms with Crippen molar-refractivity contribution < 1.29 is 19.2 Å². The second kappa shape index (κ2) is 20.9. The fourth-order valence-corrected chi connectivity index (χ4v) is 4.70. The number of nitrogens with zero attached hydrogens (tertiary/aromatic N) is 5. The lowest BCUT2D eigenvalue weighted by atomic mass is 9.95. The topological polar surface area (TPSA) is 195 Å². The number of H-pyrrole nitrogens is 1. The minimum Gasteiger partial charge on any atom is -0.402 e. The smallest absolute Gasteiger partial charge is 0.274 e. The van der Waals surface area contributed by atoms with E-state index in [0.29, 0.717) is 48.3 Å². The van der Waals surface area contributed by atoms with Gasteiger partial charge in [0.2, 0.25) is 12.3 Å². The predicted octanol–water partition coefficient (Wildman–Crippen LogP) is 4.32. The van der Waals surface area contributed by atoms with Crippen LogP contribution in [0.5, 0.6) is 0 Å². The number of aryl methyl sites for hydroxylation is 1. The average Bonchev–Trinajstić information content (AvgIpc) is 3.89. The Bertz CT molecular complexity index is 1420. The summed E-state index contributed by atoms with van der Waals surface area (Å²) in [5.41, 5.74) is 8.07. The molecular weight excluding hydrogens is 636 g/mol. The van der Waals surface area contributed by atoms with E-state index >= 15 is 0 Å². The molecule has 14 heteroatoms. The number of hydrogen-bond donors (Lipinski definition) is 5. The Morgan fingerprint density at radius 2 is 1.68 bits per heavy atom. The predicted molar refractivity (Wildman–Crippen MR) is 198 cm³/mol. The van der Waals surface area contributed by atoms with Crippen molar-refractivity contribution in [2.45, 2.75) is 114 Å². The summed E-state index contributed by atoms with van der Waals surface area (Å²) in [6.45, 7) is 24.7. The van der Waals surface area contributed by atoms with Crippen LogP contribution < -0.4 is 16.4 Å². The standard InChI is InChI=1S/C17H24N6O2.C10H18N2O2.C7H14N2.C2H6/c1-4-23-8-6-13(21-23)16(24)18-12-5-7-22(10-12)17(25)15-9-14(11(2)3)19-20-15;1-10(2,3)9(14)11-8-4-5-12(6-8)7-13;1-5(2)7(9)4-6(3)8;1-2/h6,8-9,11-12H,4-5,7,10H2,1-3H3,(H,18,24)(H,19,20);7-8H,4-6H2,1-3H3,(H,11,14);4-5,9H,8H2,1-3H3;1-2H3/b;;6-4-,9-7?;. The molecule has 0 aliphatic carbocycles. The van der Waals surface area contributed by atoms with Crippen molar-refractivity contribution in [3.8, 4) is 0 Å². The van der Waals surface area contributed by atoms with Crippen molar-refractivity contribution in [2.24, 2.45) is 17.1 Å². The molecule has 6 N–H and O–H groups in total. The van der Waals surface area contributed by atoms with Crippen LogP contribution in [0.2, 0.25) is 0 Å². The van der Waals surface area contributed by atoms with Crippen LogP contribution in [-0.4, -0.2) is 97.9 Å². The Hall–Kier alpha value is -4.49. The van der Waals surface area contributed by atoms with Crippen molar-refractivity contribution in [2.75, 3.05) is 26.2 Å². The summed E-state index contributed by atoms with van der Waals surface area (Å²) >= 11 is 0. The van der Waals surface area contributed by atoms with Crippen molar-refractivity contribution in [3.63, 3.8) is 0 Å². The van der Waals surface area contributed by atoms with Gasteiger partial charge in [-0.15, -0.1) is 0 Å². The van der Waals surface area contributed by atoms with Gasteiger partial charge in [-0.1, -0.05) is 62.3 Å². The van der Waals surface area contributed by atoms with Crippen LogP contribution in [0, 0.1) is 16.7 Å². The third-order valence-corrected chi connectivity index (χ3v) is 7.84. The fraction of sp³-hybridized carbons (Fsp3) is 0.639. The maximum Gasteiger partial charge on any atom is 0.274 e. The summed E-state index contributed by atoms with van der Waals surface area (Å²) in [4.78, 5) is 50.3. The second-order valence-electron chi connectivity index (χ2n) is 13.9. The third-order valence-electron chi connectivity index (χ3n) is 7.84. The maximum atomic E-state index is 12.5. The first-order valence-electron chi connectivity index (χ1n) is 17.7. The van der Waals surface area contributed by atoms with Crippen molar-refractivity contribution >= 4 is 29.8 Å². The van der Waals surface area contributed by atoms with Crippen LogP contribution in [-0.2, 0) is 16.1 Å². The second-order valence-corrected chi connectivity index (χ2v) is 13.9. The van der Waals surface area contributed by atoms with E-state index in [-0.39, 0.29) is 41.1 Å². The fourth-order valence-electron chi connectivity index (χ4n) is 4.70. The van der Waals surface area contributed by atoms with Crippen LogP contribution in [0.1, 0.15) is 122 Å². The summed E-state index contributed by atoms with van der Waals surface area (Å²) in [5.74, 6) is 0.324. The van der Waals surface area contributed by atoms with Crippen LogP contribution in [0.3, 0.4) is 0 Å². The van der Waals surface area contributed by atoms with E-state index in [9.17, 15) is 19.2 Å². The highest BCUT2D eigenvalue weighted by molar-refractivity contribution is 5.94. The van der Waals surface area contributed by atoms with Crippen molar-refractivity contribution in [1.29, 1.82) is 5.41 Å². The Morgan fingerprint density at radius 1 is 1.06 bits per heavy atom. The minimum absolute atomic E-state index is 0.0512. The summed E-state index contributed by atoms with van der Waals surface area (Å²) < 4.78 is 1.71. The van der Waals surface area contributed by atoms with Gasteiger partial charge in [-0.05, 0) is 56.7 Å². The number of carbonyl (C=O) groups is 4. The van der Waals surface area contributed by atoms with Gasteiger partial charge in [-0.2, -0.15) is 10.2 Å². The van der Waals surface area contributed by atoms with E-state index in [1.807, 2.05) is 69.2 Å². The molecule has 14 nitrogen and oxygen atoms in total. The van der Waals surface area contributed by atoms with Gasteiger partial charge in [-0.3, -0.25) is 29.0 Å². The number of nitrogens with two attached hydrogens (primary N) is 1. The molecule has 2 aromatic rings. The highest BCUT2D eigenvalue weighted by Gasteiger charge is 2.30. The largest absolute Gasteiger partial charge is 0.402 e. The van der Waals surface area contributed by atoms with Gasteiger partial charge in [0, 0.05) is 73.5 Å². The summed E-state index contributed by atoms with van der Waals surface area (Å²) in [5, 5.41) is 24.4. The Labute approximate surface area is 298 Å². The first-order valence-corrected chi connectivity index (χ1v) is 17.7. The van der Waals surface area contributed by atoms with Crippen LogP contribution in [0.15, 0.2) is 30.1 Å².